The van der Waals surface area contributed by atoms with Crippen LogP contribution in [0.15, 0.2) is 42.5 Å². The lowest BCUT2D eigenvalue weighted by Gasteiger charge is -2.09. The molecule has 1 amide bonds. The fraction of sp³-hybridized carbons (Fsp3) is 0.125. The number of amides is 1. The molecule has 2 rings (SSSR count). The molecular formula is C16H13ClFNO3. The van der Waals surface area contributed by atoms with Gasteiger partial charge in [0.2, 0.25) is 0 Å². The number of carbonyl (C=O) groups excluding carboxylic acids is 2. The van der Waals surface area contributed by atoms with Crippen LogP contribution in [0.25, 0.3) is 0 Å². The third kappa shape index (κ3) is 4.05. The molecule has 0 aromatic heterocycles. The number of anilines is 1. The van der Waals surface area contributed by atoms with Crippen molar-refractivity contribution in [3.63, 3.8) is 0 Å². The van der Waals surface area contributed by atoms with E-state index in [1.807, 2.05) is 19.1 Å². The van der Waals surface area contributed by atoms with Gasteiger partial charge in [-0.2, -0.15) is 0 Å². The second kappa shape index (κ2) is 7.04. The highest BCUT2D eigenvalue weighted by atomic mass is 35.5. The third-order valence-corrected chi connectivity index (χ3v) is 3.14. The Bertz CT molecular complexity index is 718. The second-order valence-electron chi connectivity index (χ2n) is 4.56. The molecular weight excluding hydrogens is 309 g/mol. The van der Waals surface area contributed by atoms with Crippen molar-refractivity contribution in [1.29, 1.82) is 0 Å². The second-order valence-corrected chi connectivity index (χ2v) is 5.00. The van der Waals surface area contributed by atoms with Gasteiger partial charge in [0.1, 0.15) is 5.82 Å². The lowest BCUT2D eigenvalue weighted by molar-refractivity contribution is -0.119. The van der Waals surface area contributed by atoms with Crippen molar-refractivity contribution in [2.75, 3.05) is 11.9 Å². The highest BCUT2D eigenvalue weighted by molar-refractivity contribution is 6.30. The molecule has 2 aromatic rings. The number of halogens is 2. The molecule has 0 atom stereocenters. The van der Waals surface area contributed by atoms with E-state index in [2.05, 4.69) is 5.32 Å². The summed E-state index contributed by atoms with van der Waals surface area (Å²) in [4.78, 5) is 23.5. The highest BCUT2D eigenvalue weighted by Gasteiger charge is 2.15. The number of carbonyl (C=O) groups is 2. The fourth-order valence-electron chi connectivity index (χ4n) is 1.76. The van der Waals surface area contributed by atoms with Crippen LogP contribution in [0.4, 0.5) is 10.1 Å². The number of hydrogen-bond donors (Lipinski definition) is 1. The maximum absolute atomic E-state index is 13.5. The smallest absolute Gasteiger partial charge is 0.341 e. The molecule has 2 aromatic carbocycles. The van der Waals surface area contributed by atoms with Gasteiger partial charge in [-0.1, -0.05) is 29.8 Å². The zero-order chi connectivity index (χ0) is 16.1. The Morgan fingerprint density at radius 2 is 1.95 bits per heavy atom. The van der Waals surface area contributed by atoms with Gasteiger partial charge in [-0.05, 0) is 36.8 Å². The zero-order valence-corrected chi connectivity index (χ0v) is 12.5. The summed E-state index contributed by atoms with van der Waals surface area (Å²) < 4.78 is 18.3. The van der Waals surface area contributed by atoms with Crippen molar-refractivity contribution in [3.05, 3.63) is 64.4 Å². The van der Waals surface area contributed by atoms with Crippen LogP contribution in [0.3, 0.4) is 0 Å². The summed E-state index contributed by atoms with van der Waals surface area (Å²) in [6.07, 6.45) is 0. The highest BCUT2D eigenvalue weighted by Crippen LogP contribution is 2.16. The average Bonchev–Trinajstić information content (AvgIpc) is 2.47. The molecule has 0 unspecified atom stereocenters. The number of hydrogen-bond acceptors (Lipinski definition) is 3. The lowest BCUT2D eigenvalue weighted by Crippen LogP contribution is -2.21. The van der Waals surface area contributed by atoms with Crippen LogP contribution in [0.2, 0.25) is 5.02 Å². The third-order valence-electron chi connectivity index (χ3n) is 2.90. The summed E-state index contributed by atoms with van der Waals surface area (Å²) in [5.41, 5.74) is 1.24. The van der Waals surface area contributed by atoms with Gasteiger partial charge in [-0.3, -0.25) is 4.79 Å². The van der Waals surface area contributed by atoms with Crippen LogP contribution < -0.4 is 5.32 Å². The van der Waals surface area contributed by atoms with Gasteiger partial charge < -0.3 is 10.1 Å². The maximum atomic E-state index is 13.5. The van der Waals surface area contributed by atoms with Crippen LogP contribution in [0.1, 0.15) is 15.9 Å². The number of benzene rings is 2. The van der Waals surface area contributed by atoms with Crippen molar-refractivity contribution < 1.29 is 18.7 Å². The monoisotopic (exact) mass is 321 g/mol. The van der Waals surface area contributed by atoms with Crippen LogP contribution in [0.5, 0.6) is 0 Å². The van der Waals surface area contributed by atoms with Gasteiger partial charge in [0.05, 0.1) is 5.56 Å². The Morgan fingerprint density at radius 3 is 2.64 bits per heavy atom. The molecule has 1 N–H and O–H groups in total. The molecule has 0 aliphatic carbocycles. The topological polar surface area (TPSA) is 55.4 Å². The fourth-order valence-corrected chi connectivity index (χ4v) is 1.92. The number of para-hydroxylation sites is 1. The number of aryl methyl sites for hydroxylation is 1. The largest absolute Gasteiger partial charge is 0.452 e. The van der Waals surface area contributed by atoms with E-state index in [1.165, 1.54) is 12.1 Å². The van der Waals surface area contributed by atoms with Crippen molar-refractivity contribution in [1.82, 2.24) is 0 Å². The maximum Gasteiger partial charge on any atom is 0.341 e. The van der Waals surface area contributed by atoms with Gasteiger partial charge in [0, 0.05) is 10.7 Å². The lowest BCUT2D eigenvalue weighted by atomic mass is 10.2. The Labute approximate surface area is 131 Å². The van der Waals surface area contributed by atoms with Gasteiger partial charge in [-0.25, -0.2) is 9.18 Å². The van der Waals surface area contributed by atoms with Crippen LogP contribution >= 0.6 is 11.6 Å². The van der Waals surface area contributed by atoms with Crippen molar-refractivity contribution >= 4 is 29.2 Å². The molecule has 0 bridgehead atoms. The van der Waals surface area contributed by atoms with Crippen LogP contribution in [0, 0.1) is 12.7 Å². The van der Waals surface area contributed by atoms with E-state index in [0.29, 0.717) is 5.69 Å². The molecule has 0 spiro atoms. The van der Waals surface area contributed by atoms with Crippen LogP contribution in [-0.4, -0.2) is 18.5 Å². The first-order valence-electron chi connectivity index (χ1n) is 6.45. The molecule has 0 heterocycles. The molecule has 0 saturated carbocycles. The first-order valence-corrected chi connectivity index (χ1v) is 6.83. The van der Waals surface area contributed by atoms with E-state index in [9.17, 15) is 14.0 Å². The average molecular weight is 322 g/mol. The first kappa shape index (κ1) is 16.0. The number of ether oxygens (including phenoxy) is 1. The van der Waals surface area contributed by atoms with Gasteiger partial charge in [0.25, 0.3) is 5.91 Å². The molecule has 4 nitrogen and oxygen atoms in total. The summed E-state index contributed by atoms with van der Waals surface area (Å²) in [6.45, 7) is 1.33. The van der Waals surface area contributed by atoms with Gasteiger partial charge >= 0.3 is 5.97 Å². The normalized spacial score (nSPS) is 10.1. The van der Waals surface area contributed by atoms with Gasteiger partial charge in [0.15, 0.2) is 6.61 Å². The molecule has 0 fully saturated rings. The quantitative estimate of drug-likeness (QED) is 0.876. The molecule has 0 saturated heterocycles. The van der Waals surface area contributed by atoms with Crippen molar-refractivity contribution in [2.24, 2.45) is 0 Å². The molecule has 0 aliphatic heterocycles. The van der Waals surface area contributed by atoms with E-state index < -0.39 is 24.3 Å². The zero-order valence-electron chi connectivity index (χ0n) is 11.7. The minimum absolute atomic E-state index is 0.173. The minimum atomic E-state index is -0.922. The van der Waals surface area contributed by atoms with Gasteiger partial charge in [-0.15, -0.1) is 0 Å². The van der Waals surface area contributed by atoms with E-state index in [0.717, 1.165) is 11.6 Å². The number of nitrogens with one attached hydrogen (secondary N) is 1. The summed E-state index contributed by atoms with van der Waals surface area (Å²) >= 11 is 5.60. The molecule has 0 radical (unpaired) electrons. The van der Waals surface area contributed by atoms with E-state index in [4.69, 9.17) is 16.3 Å². The predicted octanol–water partition coefficient (Wildman–Crippen LogP) is 3.58. The molecule has 0 aliphatic rings. The summed E-state index contributed by atoms with van der Waals surface area (Å²) in [5.74, 6) is -2.22. The first-order chi connectivity index (χ1) is 10.5. The Hall–Kier alpha value is -2.40. The standard InChI is InChI=1S/C16H13ClFNO3/c1-10-4-2-3-5-14(10)19-15(20)9-22-16(21)12-7-6-11(17)8-13(12)18/h2-8H,9H2,1H3,(H,19,20). The van der Waals surface area contributed by atoms with Crippen molar-refractivity contribution in [3.8, 4) is 0 Å². The number of rotatable bonds is 4. The predicted molar refractivity (Wildman–Crippen MR) is 81.5 cm³/mol. The van der Waals surface area contributed by atoms with Crippen LogP contribution in [-0.2, 0) is 9.53 Å². The van der Waals surface area contributed by atoms with Crippen molar-refractivity contribution in [2.45, 2.75) is 6.92 Å². The van der Waals surface area contributed by atoms with E-state index in [1.54, 1.807) is 12.1 Å². The molecule has 6 heteroatoms. The molecule has 114 valence electrons. The Kier molecular flexibility index (Phi) is 5.12. The molecule has 22 heavy (non-hydrogen) atoms. The SMILES string of the molecule is Cc1ccccc1NC(=O)COC(=O)c1ccc(Cl)cc1F. The number of esters is 1. The summed E-state index contributed by atoms with van der Waals surface area (Å²) in [7, 11) is 0. The minimum Gasteiger partial charge on any atom is -0.452 e. The van der Waals surface area contributed by atoms with E-state index in [-0.39, 0.29) is 10.6 Å². The van der Waals surface area contributed by atoms with E-state index >= 15 is 0 Å². The Morgan fingerprint density at radius 1 is 1.23 bits per heavy atom. The Balaban J connectivity index is 1.93. The summed E-state index contributed by atoms with van der Waals surface area (Å²) in [5, 5.41) is 2.78. The summed E-state index contributed by atoms with van der Waals surface area (Å²) in [6, 6.07) is 10.8.